The van der Waals surface area contributed by atoms with E-state index in [1.54, 1.807) is 6.26 Å². The molecule has 0 aliphatic heterocycles. The molecule has 0 spiro atoms. The van der Waals surface area contributed by atoms with Crippen LogP contribution in [0.1, 0.15) is 30.7 Å². The molecule has 0 saturated heterocycles. The Labute approximate surface area is 198 Å². The lowest BCUT2D eigenvalue weighted by Gasteiger charge is -2.24. The van der Waals surface area contributed by atoms with Crippen molar-refractivity contribution in [3.63, 3.8) is 0 Å². The first-order chi connectivity index (χ1) is 16.1. The van der Waals surface area contributed by atoms with Gasteiger partial charge in [0.1, 0.15) is 5.76 Å². The molecule has 0 radical (unpaired) electrons. The second-order valence-corrected chi connectivity index (χ2v) is 9.17. The van der Waals surface area contributed by atoms with Gasteiger partial charge in [0, 0.05) is 13.1 Å². The van der Waals surface area contributed by atoms with Gasteiger partial charge in [0.15, 0.2) is 11.0 Å². The Morgan fingerprint density at radius 3 is 2.30 bits per heavy atom. The highest BCUT2D eigenvalue weighted by Crippen LogP contribution is 2.30. The van der Waals surface area contributed by atoms with Crippen molar-refractivity contribution in [1.82, 2.24) is 19.7 Å². The minimum absolute atomic E-state index is 0.0849. The third-order valence-electron chi connectivity index (χ3n) is 5.54. The molecule has 0 aliphatic rings. The van der Waals surface area contributed by atoms with E-state index >= 15 is 0 Å². The number of rotatable bonds is 9. The van der Waals surface area contributed by atoms with Gasteiger partial charge in [0.25, 0.3) is 0 Å². The highest BCUT2D eigenvalue weighted by Gasteiger charge is 2.25. The Hall–Kier alpha value is -3.32. The molecule has 4 aromatic rings. The van der Waals surface area contributed by atoms with Crippen molar-refractivity contribution >= 4 is 17.7 Å². The number of hydrogen-bond acceptors (Lipinski definition) is 5. The van der Waals surface area contributed by atoms with Crippen LogP contribution < -0.4 is 0 Å². The number of thioether (sulfide) groups is 1. The third kappa shape index (κ3) is 5.37. The molecular weight excluding hydrogens is 432 g/mol. The third-order valence-corrected chi connectivity index (χ3v) is 6.61. The van der Waals surface area contributed by atoms with Crippen molar-refractivity contribution in [1.29, 1.82) is 0 Å². The number of aromatic nitrogens is 3. The summed E-state index contributed by atoms with van der Waals surface area (Å²) < 4.78 is 7.57. The van der Waals surface area contributed by atoms with Gasteiger partial charge in [-0.1, -0.05) is 72.4 Å². The lowest BCUT2D eigenvalue weighted by molar-refractivity contribution is -0.130. The summed E-state index contributed by atoms with van der Waals surface area (Å²) in [5, 5.41) is 9.35. The number of nitrogens with zero attached hydrogens (tertiary/aromatic N) is 4. The van der Waals surface area contributed by atoms with E-state index < -0.39 is 0 Å². The molecule has 2 aromatic heterocycles. The molecule has 0 N–H and O–H groups in total. The van der Waals surface area contributed by atoms with Crippen molar-refractivity contribution < 1.29 is 9.21 Å². The van der Waals surface area contributed by atoms with Gasteiger partial charge in [-0.25, -0.2) is 0 Å². The number of carbonyl (C=O) groups is 1. The number of hydrogen-bond donors (Lipinski definition) is 0. The Balaban J connectivity index is 1.58. The fraction of sp³-hybridized carbons (Fsp3) is 0.269. The summed E-state index contributed by atoms with van der Waals surface area (Å²) >= 11 is 1.44. The molecule has 0 saturated carbocycles. The summed E-state index contributed by atoms with van der Waals surface area (Å²) in [5.41, 5.74) is 3.16. The molecule has 7 heteroatoms. The van der Waals surface area contributed by atoms with Crippen LogP contribution in [0.2, 0.25) is 0 Å². The molecule has 6 nitrogen and oxygen atoms in total. The van der Waals surface area contributed by atoms with E-state index in [0.29, 0.717) is 24.8 Å². The minimum atomic E-state index is -0.300. The molecule has 4 rings (SSSR count). The normalized spacial score (nSPS) is 12.0. The lowest BCUT2D eigenvalue weighted by Crippen LogP contribution is -2.36. The average Bonchev–Trinajstić information content (AvgIpc) is 3.43. The van der Waals surface area contributed by atoms with Crippen LogP contribution in [0.3, 0.4) is 0 Å². The second-order valence-electron chi connectivity index (χ2n) is 7.87. The van der Waals surface area contributed by atoms with Crippen molar-refractivity contribution in [3.05, 3.63) is 89.9 Å². The van der Waals surface area contributed by atoms with Gasteiger partial charge in [-0.15, -0.1) is 10.2 Å². The number of carbonyl (C=O) groups excluding carboxylic acids is 1. The molecule has 1 amide bonds. The standard InChI is InChI=1S/C26H28N4O2S/c1-4-29(17-21-11-7-5-8-12-21)25(31)20(3)33-26-28-27-24(23-15-16-32-19(23)2)30(26)18-22-13-9-6-10-14-22/h5-16,20H,4,17-18H2,1-3H3. The van der Waals surface area contributed by atoms with E-state index in [1.165, 1.54) is 11.8 Å². The Morgan fingerprint density at radius 1 is 1.03 bits per heavy atom. The van der Waals surface area contributed by atoms with Gasteiger partial charge in [0.05, 0.1) is 23.6 Å². The molecule has 1 atom stereocenters. The molecule has 1 unspecified atom stereocenters. The van der Waals surface area contributed by atoms with Crippen LogP contribution in [0.15, 0.2) is 82.6 Å². The van der Waals surface area contributed by atoms with E-state index in [2.05, 4.69) is 26.9 Å². The quantitative estimate of drug-likeness (QED) is 0.312. The van der Waals surface area contributed by atoms with Crippen molar-refractivity contribution in [2.75, 3.05) is 6.54 Å². The van der Waals surface area contributed by atoms with E-state index in [1.807, 2.05) is 80.3 Å². The maximum Gasteiger partial charge on any atom is 0.236 e. The van der Waals surface area contributed by atoms with E-state index in [9.17, 15) is 4.79 Å². The van der Waals surface area contributed by atoms with Crippen LogP contribution in [-0.2, 0) is 17.9 Å². The smallest absolute Gasteiger partial charge is 0.236 e. The Bertz CT molecular complexity index is 1190. The van der Waals surface area contributed by atoms with Gasteiger partial charge in [-0.3, -0.25) is 9.36 Å². The molecule has 170 valence electrons. The first-order valence-corrected chi connectivity index (χ1v) is 12.0. The van der Waals surface area contributed by atoms with Gasteiger partial charge in [-0.2, -0.15) is 0 Å². The Kier molecular flexibility index (Phi) is 7.29. The van der Waals surface area contributed by atoms with Crippen LogP contribution in [0.4, 0.5) is 0 Å². The summed E-state index contributed by atoms with van der Waals surface area (Å²) in [5.74, 6) is 1.61. The predicted octanol–water partition coefficient (Wildman–Crippen LogP) is 5.42. The first-order valence-electron chi connectivity index (χ1n) is 11.1. The zero-order chi connectivity index (χ0) is 23.2. The van der Waals surface area contributed by atoms with Crippen LogP contribution in [0.25, 0.3) is 11.4 Å². The fourth-order valence-corrected chi connectivity index (χ4v) is 4.65. The summed E-state index contributed by atoms with van der Waals surface area (Å²) in [4.78, 5) is 15.2. The highest BCUT2D eigenvalue weighted by atomic mass is 32.2. The zero-order valence-corrected chi connectivity index (χ0v) is 20.0. The van der Waals surface area contributed by atoms with Gasteiger partial charge in [-0.05, 0) is 38.0 Å². The maximum absolute atomic E-state index is 13.3. The molecule has 2 aromatic carbocycles. The number of aryl methyl sites for hydroxylation is 1. The molecule has 33 heavy (non-hydrogen) atoms. The minimum Gasteiger partial charge on any atom is -0.469 e. The highest BCUT2D eigenvalue weighted by molar-refractivity contribution is 8.00. The number of benzene rings is 2. The summed E-state index contributed by atoms with van der Waals surface area (Å²) in [6.45, 7) is 7.71. The molecule has 2 heterocycles. The number of furan rings is 1. The fourth-order valence-electron chi connectivity index (χ4n) is 3.72. The maximum atomic E-state index is 13.3. The zero-order valence-electron chi connectivity index (χ0n) is 19.1. The van der Waals surface area contributed by atoms with Crippen LogP contribution in [-0.4, -0.2) is 37.4 Å². The van der Waals surface area contributed by atoms with Crippen LogP contribution in [0, 0.1) is 6.92 Å². The SMILES string of the molecule is CCN(Cc1ccccc1)C(=O)C(C)Sc1nnc(-c2ccoc2C)n1Cc1ccccc1. The van der Waals surface area contributed by atoms with Gasteiger partial charge in [0.2, 0.25) is 5.91 Å². The van der Waals surface area contributed by atoms with Gasteiger partial charge >= 0.3 is 0 Å². The molecule has 0 aliphatic carbocycles. The topological polar surface area (TPSA) is 64.2 Å². The first kappa shape index (κ1) is 22.9. The lowest BCUT2D eigenvalue weighted by atomic mass is 10.2. The van der Waals surface area contributed by atoms with E-state index in [0.717, 1.165) is 28.3 Å². The summed E-state index contributed by atoms with van der Waals surface area (Å²) in [7, 11) is 0. The summed E-state index contributed by atoms with van der Waals surface area (Å²) in [6.07, 6.45) is 1.66. The largest absolute Gasteiger partial charge is 0.469 e. The van der Waals surface area contributed by atoms with Crippen molar-refractivity contribution in [2.45, 2.75) is 44.3 Å². The van der Waals surface area contributed by atoms with Crippen LogP contribution >= 0.6 is 11.8 Å². The monoisotopic (exact) mass is 460 g/mol. The van der Waals surface area contributed by atoms with E-state index in [-0.39, 0.29) is 11.2 Å². The molecule has 0 fully saturated rings. The van der Waals surface area contributed by atoms with E-state index in [4.69, 9.17) is 4.42 Å². The van der Waals surface area contributed by atoms with Crippen molar-refractivity contribution in [2.24, 2.45) is 0 Å². The predicted molar refractivity (Wildman–Crippen MR) is 131 cm³/mol. The number of amides is 1. The average molecular weight is 461 g/mol. The van der Waals surface area contributed by atoms with Crippen LogP contribution in [0.5, 0.6) is 0 Å². The second kappa shape index (κ2) is 10.5. The molecule has 0 bridgehead atoms. The summed E-state index contributed by atoms with van der Waals surface area (Å²) in [6, 6.07) is 22.2. The Morgan fingerprint density at radius 2 is 1.70 bits per heavy atom. The van der Waals surface area contributed by atoms with Crippen molar-refractivity contribution in [3.8, 4) is 11.4 Å². The van der Waals surface area contributed by atoms with Gasteiger partial charge < -0.3 is 9.32 Å². The molecular formula is C26H28N4O2S.